The number of rotatable bonds is 4. The number of fused-ring (bicyclic) bond motifs is 5. The quantitative estimate of drug-likeness (QED) is 0.211. The highest BCUT2D eigenvalue weighted by atomic mass is 15.0. The van der Waals surface area contributed by atoms with Gasteiger partial charge in [-0.15, -0.1) is 0 Å². The van der Waals surface area contributed by atoms with Gasteiger partial charge in [-0.05, 0) is 55.6 Å². The van der Waals surface area contributed by atoms with Gasteiger partial charge in [-0.25, -0.2) is 15.0 Å². The number of hydrogen-bond acceptors (Lipinski definition) is 3. The van der Waals surface area contributed by atoms with E-state index in [4.69, 9.17) is 15.0 Å². The second kappa shape index (κ2) is 10.1. The first kappa shape index (κ1) is 24.2. The summed E-state index contributed by atoms with van der Waals surface area (Å²) in [6.45, 7) is 0. The van der Waals surface area contributed by atoms with Crippen LogP contribution in [0.25, 0.3) is 77.6 Å². The maximum absolute atomic E-state index is 4.96. The zero-order valence-electron chi connectivity index (χ0n) is 22.8. The van der Waals surface area contributed by atoms with Gasteiger partial charge in [0.15, 0.2) is 17.5 Å². The molecule has 0 amide bonds. The second-order valence-electron chi connectivity index (χ2n) is 10.5. The highest BCUT2D eigenvalue weighted by Crippen LogP contribution is 2.35. The molecule has 0 unspecified atom stereocenters. The Kier molecular flexibility index (Phi) is 5.79. The molecule has 0 radical (unpaired) electrons. The molecule has 0 spiro atoms. The third-order valence-electron chi connectivity index (χ3n) is 7.90. The largest absolute Gasteiger partial charge is 0.208 e. The van der Waals surface area contributed by atoms with Crippen molar-refractivity contribution in [2.45, 2.75) is 0 Å². The monoisotopic (exact) mass is 535 g/mol. The lowest BCUT2D eigenvalue weighted by Crippen LogP contribution is -2.00. The summed E-state index contributed by atoms with van der Waals surface area (Å²) in [5, 5.41) is 7.30. The van der Waals surface area contributed by atoms with E-state index in [9.17, 15) is 0 Å². The van der Waals surface area contributed by atoms with E-state index in [-0.39, 0.29) is 0 Å². The summed E-state index contributed by atoms with van der Waals surface area (Å²) in [6, 6.07) is 52.9. The molecule has 8 rings (SSSR count). The topological polar surface area (TPSA) is 38.7 Å². The molecule has 0 bridgehead atoms. The highest BCUT2D eigenvalue weighted by Gasteiger charge is 2.14. The minimum Gasteiger partial charge on any atom is -0.208 e. The Morgan fingerprint density at radius 3 is 1.14 bits per heavy atom. The molecule has 0 aliphatic heterocycles. The summed E-state index contributed by atoms with van der Waals surface area (Å²) in [4.78, 5) is 14.8. The summed E-state index contributed by atoms with van der Waals surface area (Å²) in [5.41, 5.74) is 5.33. The van der Waals surface area contributed by atoms with Gasteiger partial charge in [0.25, 0.3) is 0 Å². The summed E-state index contributed by atoms with van der Waals surface area (Å²) >= 11 is 0. The normalized spacial score (nSPS) is 11.3. The van der Waals surface area contributed by atoms with Crippen molar-refractivity contribution < 1.29 is 0 Å². The Morgan fingerprint density at radius 2 is 0.643 bits per heavy atom. The molecule has 0 fully saturated rings. The van der Waals surface area contributed by atoms with Gasteiger partial charge in [0.2, 0.25) is 0 Å². The molecule has 0 saturated carbocycles. The number of aromatic nitrogens is 3. The van der Waals surface area contributed by atoms with Crippen LogP contribution in [0.3, 0.4) is 0 Å². The van der Waals surface area contributed by atoms with Gasteiger partial charge in [0.05, 0.1) is 0 Å². The molecule has 3 nitrogen and oxygen atoms in total. The van der Waals surface area contributed by atoms with Crippen LogP contribution in [0.1, 0.15) is 0 Å². The Hall–Kier alpha value is -5.67. The molecule has 0 aliphatic rings. The summed E-state index contributed by atoms with van der Waals surface area (Å²) in [7, 11) is 0. The van der Waals surface area contributed by atoms with Gasteiger partial charge in [-0.3, -0.25) is 0 Å². The summed E-state index contributed by atoms with van der Waals surface area (Å²) in [6.07, 6.45) is 0. The predicted molar refractivity (Wildman–Crippen MR) is 174 cm³/mol. The Labute approximate surface area is 243 Å². The molecule has 1 heterocycles. The SMILES string of the molecule is c1ccc(-c2ccc3ccc4c5cc(-c6nc(-c7ccccc7)nc(-c7ccccc7)n6)ccc5ccc4c3c2)cc1. The third-order valence-corrected chi connectivity index (χ3v) is 7.90. The minimum absolute atomic E-state index is 0.661. The first-order valence-corrected chi connectivity index (χ1v) is 14.1. The Bertz CT molecular complexity index is 2170. The molecule has 0 saturated heterocycles. The smallest absolute Gasteiger partial charge is 0.164 e. The third kappa shape index (κ3) is 4.29. The fourth-order valence-electron chi connectivity index (χ4n) is 5.75. The van der Waals surface area contributed by atoms with Crippen LogP contribution in [0.2, 0.25) is 0 Å². The zero-order valence-corrected chi connectivity index (χ0v) is 22.8. The van der Waals surface area contributed by atoms with Crippen LogP contribution < -0.4 is 0 Å². The molecule has 8 aromatic rings. The summed E-state index contributed by atoms with van der Waals surface area (Å²) < 4.78 is 0. The van der Waals surface area contributed by atoms with Crippen LogP contribution in [0.15, 0.2) is 152 Å². The van der Waals surface area contributed by atoms with Crippen LogP contribution in [-0.4, -0.2) is 15.0 Å². The van der Waals surface area contributed by atoms with E-state index in [1.54, 1.807) is 0 Å². The first-order chi connectivity index (χ1) is 20.8. The van der Waals surface area contributed by atoms with Crippen LogP contribution >= 0.6 is 0 Å². The average molecular weight is 536 g/mol. The van der Waals surface area contributed by atoms with Crippen molar-refractivity contribution in [3.63, 3.8) is 0 Å². The lowest BCUT2D eigenvalue weighted by Gasteiger charge is -2.12. The van der Waals surface area contributed by atoms with Crippen molar-refractivity contribution >= 4 is 32.3 Å². The molecule has 0 N–H and O–H groups in total. The van der Waals surface area contributed by atoms with Crippen LogP contribution in [0.4, 0.5) is 0 Å². The van der Waals surface area contributed by atoms with Gasteiger partial charge in [-0.1, -0.05) is 140 Å². The number of hydrogen-bond donors (Lipinski definition) is 0. The molecule has 196 valence electrons. The Balaban J connectivity index is 1.33. The maximum atomic E-state index is 4.96. The lowest BCUT2D eigenvalue weighted by molar-refractivity contribution is 1.07. The standard InChI is InChI=1S/C39H25N3/c1-4-10-26(11-5-1)31-18-16-27-20-23-34-33(35(27)24-31)22-21-28-17-19-32(25-36(28)34)39-41-37(29-12-6-2-7-13-29)40-38(42-39)30-14-8-3-9-15-30/h1-25H. The van der Waals surface area contributed by atoms with Crippen molar-refractivity contribution in [1.82, 2.24) is 15.0 Å². The van der Waals surface area contributed by atoms with E-state index in [0.29, 0.717) is 17.5 Å². The molecule has 0 atom stereocenters. The fraction of sp³-hybridized carbons (Fsp3) is 0. The zero-order chi connectivity index (χ0) is 27.9. The van der Waals surface area contributed by atoms with Crippen molar-refractivity contribution in [1.29, 1.82) is 0 Å². The van der Waals surface area contributed by atoms with Crippen molar-refractivity contribution in [3.05, 3.63) is 152 Å². The van der Waals surface area contributed by atoms with E-state index >= 15 is 0 Å². The average Bonchev–Trinajstić information content (AvgIpc) is 3.08. The molecule has 7 aromatic carbocycles. The van der Waals surface area contributed by atoms with Crippen molar-refractivity contribution in [3.8, 4) is 45.3 Å². The van der Waals surface area contributed by atoms with Crippen LogP contribution in [-0.2, 0) is 0 Å². The van der Waals surface area contributed by atoms with E-state index < -0.39 is 0 Å². The molecular weight excluding hydrogens is 510 g/mol. The molecule has 1 aromatic heterocycles. The van der Waals surface area contributed by atoms with Crippen LogP contribution in [0.5, 0.6) is 0 Å². The Morgan fingerprint density at radius 1 is 0.262 bits per heavy atom. The molecular formula is C39H25N3. The molecule has 42 heavy (non-hydrogen) atoms. The minimum atomic E-state index is 0.661. The number of benzene rings is 7. The van der Waals surface area contributed by atoms with E-state index in [1.165, 1.54) is 43.4 Å². The van der Waals surface area contributed by atoms with Gasteiger partial charge < -0.3 is 0 Å². The lowest BCUT2D eigenvalue weighted by atomic mass is 9.94. The van der Waals surface area contributed by atoms with Gasteiger partial charge in [0, 0.05) is 16.7 Å². The van der Waals surface area contributed by atoms with Crippen molar-refractivity contribution in [2.24, 2.45) is 0 Å². The van der Waals surface area contributed by atoms with Crippen molar-refractivity contribution in [2.75, 3.05) is 0 Å². The summed E-state index contributed by atoms with van der Waals surface area (Å²) in [5.74, 6) is 1.99. The van der Waals surface area contributed by atoms with E-state index in [0.717, 1.165) is 16.7 Å². The van der Waals surface area contributed by atoms with Gasteiger partial charge >= 0.3 is 0 Å². The first-order valence-electron chi connectivity index (χ1n) is 14.1. The predicted octanol–water partition coefficient (Wildman–Crippen LogP) is 10.00. The second-order valence-corrected chi connectivity index (χ2v) is 10.5. The highest BCUT2D eigenvalue weighted by molar-refractivity contribution is 6.18. The maximum Gasteiger partial charge on any atom is 0.164 e. The fourth-order valence-corrected chi connectivity index (χ4v) is 5.75. The van der Waals surface area contributed by atoms with Gasteiger partial charge in [0.1, 0.15) is 0 Å². The van der Waals surface area contributed by atoms with Crippen LogP contribution in [0, 0.1) is 0 Å². The molecule has 3 heteroatoms. The van der Waals surface area contributed by atoms with E-state index in [1.807, 2.05) is 60.7 Å². The number of nitrogens with zero attached hydrogens (tertiary/aromatic N) is 3. The van der Waals surface area contributed by atoms with E-state index in [2.05, 4.69) is 91.0 Å². The van der Waals surface area contributed by atoms with Gasteiger partial charge in [-0.2, -0.15) is 0 Å². The molecule has 0 aliphatic carbocycles.